The van der Waals surface area contributed by atoms with Crippen molar-refractivity contribution in [2.45, 2.75) is 26.2 Å². The Morgan fingerprint density at radius 2 is 1.35 bits per heavy atom. The molecule has 0 amide bonds. The number of benzene rings is 3. The highest BCUT2D eigenvalue weighted by Gasteiger charge is 2.27. The Hall–Kier alpha value is -3.59. The lowest BCUT2D eigenvalue weighted by Crippen LogP contribution is -2.16. The molecule has 0 aliphatic carbocycles. The van der Waals surface area contributed by atoms with Crippen LogP contribution in [-0.4, -0.2) is 12.1 Å². The van der Waals surface area contributed by atoms with Gasteiger partial charge in [-0.15, -0.1) is 0 Å². The van der Waals surface area contributed by atoms with Gasteiger partial charge < -0.3 is 4.74 Å². The van der Waals surface area contributed by atoms with Crippen molar-refractivity contribution in [1.29, 1.82) is 0 Å². The molecular formula is C28H26N2O. The normalized spacial score (nSPS) is 12.5. The summed E-state index contributed by atoms with van der Waals surface area (Å²) >= 11 is 0. The Kier molecular flexibility index (Phi) is 4.55. The Balaban J connectivity index is 1.87. The zero-order valence-corrected chi connectivity index (χ0v) is 18.4. The van der Waals surface area contributed by atoms with Crippen molar-refractivity contribution in [3.05, 3.63) is 90.6 Å². The first-order valence-corrected chi connectivity index (χ1v) is 10.6. The second-order valence-electron chi connectivity index (χ2n) is 8.93. The lowest BCUT2D eigenvalue weighted by molar-refractivity contribution is 0.415. The number of para-hydroxylation sites is 1. The van der Waals surface area contributed by atoms with Gasteiger partial charge in [-0.2, -0.15) is 0 Å². The second kappa shape index (κ2) is 7.28. The van der Waals surface area contributed by atoms with Crippen molar-refractivity contribution < 1.29 is 4.74 Å². The van der Waals surface area contributed by atoms with Gasteiger partial charge >= 0.3 is 0 Å². The van der Waals surface area contributed by atoms with Gasteiger partial charge in [0, 0.05) is 23.4 Å². The van der Waals surface area contributed by atoms with Gasteiger partial charge in [0.15, 0.2) is 0 Å². The fourth-order valence-electron chi connectivity index (χ4n) is 4.28. The maximum absolute atomic E-state index is 5.61. The molecule has 3 nitrogen and oxygen atoms in total. The molecule has 0 N–H and O–H groups in total. The number of anilines is 3. The molecule has 154 valence electrons. The molecule has 3 heteroatoms. The summed E-state index contributed by atoms with van der Waals surface area (Å²) in [6, 6.07) is 27.8. The standard InChI is InChI=1S/C28H26N2O/c1-28(2,3)19-15-16-29-27(17-19)30-25-12-8-7-11-23(25)21-9-5-6-10-22(21)24-14-13-20(31-4)18-26(24)30/h5-18H,1-4H3. The van der Waals surface area contributed by atoms with Gasteiger partial charge in [-0.3, -0.25) is 4.90 Å². The van der Waals surface area contributed by atoms with E-state index in [0.717, 1.165) is 28.5 Å². The highest BCUT2D eigenvalue weighted by molar-refractivity contribution is 6.02. The van der Waals surface area contributed by atoms with Crippen LogP contribution in [0.15, 0.2) is 85.1 Å². The number of methoxy groups -OCH3 is 1. The first kappa shape index (κ1) is 19.4. The van der Waals surface area contributed by atoms with Gasteiger partial charge in [0.1, 0.15) is 11.6 Å². The summed E-state index contributed by atoms with van der Waals surface area (Å²) in [5, 5.41) is 0. The third-order valence-corrected chi connectivity index (χ3v) is 5.94. The van der Waals surface area contributed by atoms with E-state index in [9.17, 15) is 0 Å². The molecule has 0 saturated heterocycles. The fraction of sp³-hybridized carbons (Fsp3) is 0.179. The molecule has 0 atom stereocenters. The monoisotopic (exact) mass is 406 g/mol. The number of aromatic nitrogens is 1. The number of hydrogen-bond acceptors (Lipinski definition) is 3. The van der Waals surface area contributed by atoms with Crippen LogP contribution in [0.5, 0.6) is 5.75 Å². The molecule has 1 aliphatic heterocycles. The maximum Gasteiger partial charge on any atom is 0.137 e. The van der Waals surface area contributed by atoms with Crippen LogP contribution in [0, 0.1) is 0 Å². The van der Waals surface area contributed by atoms with E-state index in [0.29, 0.717) is 0 Å². The van der Waals surface area contributed by atoms with Crippen LogP contribution in [0.2, 0.25) is 0 Å². The van der Waals surface area contributed by atoms with Crippen LogP contribution in [0.4, 0.5) is 17.2 Å². The Bertz CT molecular complexity index is 1270. The van der Waals surface area contributed by atoms with E-state index in [2.05, 4.69) is 98.5 Å². The van der Waals surface area contributed by atoms with Crippen molar-refractivity contribution in [2.24, 2.45) is 0 Å². The molecule has 2 heterocycles. The number of ether oxygens (including phenoxy) is 1. The summed E-state index contributed by atoms with van der Waals surface area (Å²) in [5.74, 6) is 1.73. The topological polar surface area (TPSA) is 25.4 Å². The van der Waals surface area contributed by atoms with Crippen molar-refractivity contribution in [1.82, 2.24) is 4.98 Å². The van der Waals surface area contributed by atoms with Gasteiger partial charge in [-0.25, -0.2) is 4.98 Å². The molecule has 0 saturated carbocycles. The van der Waals surface area contributed by atoms with E-state index in [-0.39, 0.29) is 5.41 Å². The minimum absolute atomic E-state index is 0.0310. The average Bonchev–Trinajstić information content (AvgIpc) is 2.91. The largest absolute Gasteiger partial charge is 0.497 e. The van der Waals surface area contributed by atoms with Crippen molar-refractivity contribution in [3.8, 4) is 28.0 Å². The van der Waals surface area contributed by atoms with E-state index in [1.807, 2.05) is 12.3 Å². The van der Waals surface area contributed by atoms with Crippen molar-refractivity contribution in [3.63, 3.8) is 0 Å². The van der Waals surface area contributed by atoms with Gasteiger partial charge in [0.2, 0.25) is 0 Å². The number of pyridine rings is 1. The first-order chi connectivity index (χ1) is 15.0. The predicted molar refractivity (Wildman–Crippen MR) is 129 cm³/mol. The Morgan fingerprint density at radius 1 is 0.710 bits per heavy atom. The summed E-state index contributed by atoms with van der Waals surface area (Å²) in [4.78, 5) is 7.09. The van der Waals surface area contributed by atoms with E-state index in [1.165, 1.54) is 22.3 Å². The molecule has 0 unspecified atom stereocenters. The molecular weight excluding hydrogens is 380 g/mol. The van der Waals surface area contributed by atoms with Crippen molar-refractivity contribution in [2.75, 3.05) is 12.0 Å². The summed E-state index contributed by atoms with van der Waals surface area (Å²) in [7, 11) is 1.71. The van der Waals surface area contributed by atoms with E-state index >= 15 is 0 Å². The minimum Gasteiger partial charge on any atom is -0.497 e. The smallest absolute Gasteiger partial charge is 0.137 e. The highest BCUT2D eigenvalue weighted by Crippen LogP contribution is 2.51. The molecule has 0 spiro atoms. The summed E-state index contributed by atoms with van der Waals surface area (Å²) in [6.07, 6.45) is 1.91. The van der Waals surface area contributed by atoms with Crippen LogP contribution in [0.1, 0.15) is 26.3 Å². The molecule has 5 rings (SSSR count). The molecule has 31 heavy (non-hydrogen) atoms. The molecule has 1 aromatic heterocycles. The third kappa shape index (κ3) is 3.27. The first-order valence-electron chi connectivity index (χ1n) is 10.6. The number of nitrogens with zero attached hydrogens (tertiary/aromatic N) is 2. The molecule has 3 aromatic carbocycles. The van der Waals surface area contributed by atoms with Gasteiger partial charge in [-0.1, -0.05) is 63.2 Å². The molecule has 0 fully saturated rings. The number of fused-ring (bicyclic) bond motifs is 5. The van der Waals surface area contributed by atoms with Gasteiger partial charge in [-0.05, 0) is 52.4 Å². The Morgan fingerprint density at radius 3 is 2.03 bits per heavy atom. The summed E-state index contributed by atoms with van der Waals surface area (Å²) < 4.78 is 5.61. The zero-order chi connectivity index (χ0) is 21.6. The van der Waals surface area contributed by atoms with E-state index in [4.69, 9.17) is 9.72 Å². The molecule has 4 aromatic rings. The van der Waals surface area contributed by atoms with Crippen LogP contribution < -0.4 is 9.64 Å². The third-order valence-electron chi connectivity index (χ3n) is 5.94. The van der Waals surface area contributed by atoms with Crippen LogP contribution in [-0.2, 0) is 5.41 Å². The van der Waals surface area contributed by atoms with Gasteiger partial charge in [0.25, 0.3) is 0 Å². The average molecular weight is 407 g/mol. The quantitative estimate of drug-likeness (QED) is 0.303. The summed E-state index contributed by atoms with van der Waals surface area (Å²) in [5.41, 5.74) is 8.24. The van der Waals surface area contributed by atoms with Crippen LogP contribution in [0.25, 0.3) is 22.3 Å². The lowest BCUT2D eigenvalue weighted by Gasteiger charge is -2.28. The Labute approximate surface area is 184 Å². The van der Waals surface area contributed by atoms with E-state index in [1.54, 1.807) is 7.11 Å². The fourth-order valence-corrected chi connectivity index (χ4v) is 4.28. The lowest BCUT2D eigenvalue weighted by atomic mass is 9.87. The van der Waals surface area contributed by atoms with Crippen LogP contribution in [0.3, 0.4) is 0 Å². The molecule has 1 aliphatic rings. The van der Waals surface area contributed by atoms with E-state index < -0.39 is 0 Å². The highest BCUT2D eigenvalue weighted by atomic mass is 16.5. The molecule has 0 bridgehead atoms. The van der Waals surface area contributed by atoms with Crippen molar-refractivity contribution >= 4 is 17.2 Å². The SMILES string of the molecule is COc1ccc2c(c1)N(c1cc(C(C)(C)C)ccn1)c1ccccc1-c1ccccc1-2. The van der Waals surface area contributed by atoms with Crippen LogP contribution >= 0.6 is 0 Å². The predicted octanol–water partition coefficient (Wildman–Crippen LogP) is 7.50. The van der Waals surface area contributed by atoms with Gasteiger partial charge in [0.05, 0.1) is 18.5 Å². The zero-order valence-electron chi connectivity index (χ0n) is 18.4. The number of rotatable bonds is 2. The second-order valence-corrected chi connectivity index (χ2v) is 8.93. The molecule has 0 radical (unpaired) electrons. The minimum atomic E-state index is 0.0310. The summed E-state index contributed by atoms with van der Waals surface area (Å²) in [6.45, 7) is 6.69. The maximum atomic E-state index is 5.61. The number of hydrogen-bond donors (Lipinski definition) is 0.